The van der Waals surface area contributed by atoms with Crippen LogP contribution in [0.1, 0.15) is 58.4 Å². The Bertz CT molecular complexity index is 818. The average Bonchev–Trinajstić information content (AvgIpc) is 2.66. The van der Waals surface area contributed by atoms with Crippen molar-refractivity contribution < 1.29 is 8.22 Å². The van der Waals surface area contributed by atoms with Crippen LogP contribution in [0, 0.1) is 0 Å². The van der Waals surface area contributed by atoms with Gasteiger partial charge in [0.05, 0.1) is 0 Å². The topological polar surface area (TPSA) is 26.0 Å². The van der Waals surface area contributed by atoms with E-state index in [0.717, 1.165) is 22.3 Å². The molecule has 2 aromatic rings. The number of fused-ring (bicyclic) bond motifs is 3. The molecule has 0 unspecified atom stereocenters. The molecular formula is C18H21N. The van der Waals surface area contributed by atoms with Crippen molar-refractivity contribution in [1.29, 1.82) is 0 Å². The number of hydrogen-bond donors (Lipinski definition) is 1. The van der Waals surface area contributed by atoms with E-state index in [1.165, 1.54) is 0 Å². The van der Waals surface area contributed by atoms with Crippen LogP contribution in [0.2, 0.25) is 0 Å². The van der Waals surface area contributed by atoms with Crippen LogP contribution in [0.25, 0.3) is 11.1 Å². The van der Waals surface area contributed by atoms with Gasteiger partial charge in [-0.1, -0.05) is 57.9 Å². The van der Waals surface area contributed by atoms with Crippen LogP contribution in [0.4, 0.5) is 5.69 Å². The van der Waals surface area contributed by atoms with Crippen LogP contribution < -0.4 is 5.73 Å². The van der Waals surface area contributed by atoms with Crippen molar-refractivity contribution in [2.45, 2.75) is 38.9 Å². The van der Waals surface area contributed by atoms with Gasteiger partial charge in [0.2, 0.25) is 0 Å². The summed E-state index contributed by atoms with van der Waals surface area (Å²) in [5.41, 5.74) is 10.2. The first-order chi connectivity index (χ1) is 11.3. The molecule has 1 aliphatic rings. The molecule has 0 aromatic heterocycles. The highest BCUT2D eigenvalue weighted by Gasteiger charge is 2.35. The van der Waals surface area contributed by atoms with Gasteiger partial charge in [0, 0.05) is 19.3 Å². The molecule has 0 saturated carbocycles. The lowest BCUT2D eigenvalue weighted by Gasteiger charge is -2.23. The van der Waals surface area contributed by atoms with E-state index in [0.29, 0.717) is 0 Å². The van der Waals surface area contributed by atoms with Crippen LogP contribution >= 0.6 is 0 Å². The molecule has 0 heterocycles. The molecule has 0 bridgehead atoms. The van der Waals surface area contributed by atoms with E-state index >= 15 is 0 Å². The molecule has 0 saturated heterocycles. The van der Waals surface area contributed by atoms with E-state index in [1.807, 2.05) is 24.3 Å². The van der Waals surface area contributed by atoms with Crippen molar-refractivity contribution in [3.63, 3.8) is 0 Å². The smallest absolute Gasteiger partial charge is 0.0355 e. The van der Waals surface area contributed by atoms with Crippen LogP contribution in [0.15, 0.2) is 36.4 Å². The van der Waals surface area contributed by atoms with E-state index in [1.54, 1.807) is 12.1 Å². The Kier molecular flexibility index (Phi) is 1.45. The van der Waals surface area contributed by atoms with Crippen molar-refractivity contribution in [3.8, 4) is 11.1 Å². The third-order valence-corrected chi connectivity index (χ3v) is 4.10. The first-order valence-corrected chi connectivity index (χ1v) is 6.39. The molecule has 2 N–H and O–H groups in total. The maximum atomic E-state index is 7.72. The number of hydrogen-bond acceptors (Lipinski definition) is 1. The van der Waals surface area contributed by atoms with Crippen molar-refractivity contribution in [2.75, 3.05) is 5.73 Å². The Hall–Kier alpha value is -1.76. The van der Waals surface area contributed by atoms with Crippen molar-refractivity contribution in [1.82, 2.24) is 0 Å². The SMILES string of the molecule is [2H]C([2H])([2H])C(c1cc2c(cc1N)-c1ccccc1C2(C)C)C([2H])([2H])[2H]. The first kappa shape index (κ1) is 7.14. The summed E-state index contributed by atoms with van der Waals surface area (Å²) in [7, 11) is 0. The molecule has 1 nitrogen and oxygen atoms in total. The van der Waals surface area contributed by atoms with Gasteiger partial charge in [-0.3, -0.25) is 0 Å². The lowest BCUT2D eigenvalue weighted by molar-refractivity contribution is 0.658. The molecule has 0 aliphatic heterocycles. The van der Waals surface area contributed by atoms with Gasteiger partial charge in [-0.2, -0.15) is 0 Å². The van der Waals surface area contributed by atoms with Gasteiger partial charge in [0.25, 0.3) is 0 Å². The maximum absolute atomic E-state index is 7.72. The second-order valence-corrected chi connectivity index (χ2v) is 5.63. The Morgan fingerprint density at radius 1 is 1.05 bits per heavy atom. The van der Waals surface area contributed by atoms with Gasteiger partial charge in [0.1, 0.15) is 0 Å². The van der Waals surface area contributed by atoms with E-state index in [-0.39, 0.29) is 16.7 Å². The zero-order valence-electron chi connectivity index (χ0n) is 17.1. The van der Waals surface area contributed by atoms with Crippen LogP contribution in [0.3, 0.4) is 0 Å². The molecule has 0 fully saturated rings. The predicted octanol–water partition coefficient (Wildman–Crippen LogP) is 4.70. The zero-order valence-corrected chi connectivity index (χ0v) is 11.1. The van der Waals surface area contributed by atoms with E-state index in [9.17, 15) is 0 Å². The molecule has 0 spiro atoms. The summed E-state index contributed by atoms with van der Waals surface area (Å²) in [5.74, 6) is -1.61. The van der Waals surface area contributed by atoms with Crippen LogP contribution in [-0.4, -0.2) is 0 Å². The number of benzene rings is 2. The minimum absolute atomic E-state index is 0.180. The molecule has 1 aliphatic carbocycles. The average molecular weight is 257 g/mol. The Morgan fingerprint density at radius 2 is 1.79 bits per heavy atom. The third-order valence-electron chi connectivity index (χ3n) is 4.10. The summed E-state index contributed by atoms with van der Waals surface area (Å²) < 4.78 is 46.3. The van der Waals surface area contributed by atoms with Crippen molar-refractivity contribution >= 4 is 5.69 Å². The molecule has 19 heavy (non-hydrogen) atoms. The molecule has 0 amide bonds. The lowest BCUT2D eigenvalue weighted by atomic mass is 9.81. The molecular weight excluding hydrogens is 230 g/mol. The quantitative estimate of drug-likeness (QED) is 0.736. The van der Waals surface area contributed by atoms with Crippen molar-refractivity contribution in [2.24, 2.45) is 0 Å². The fourth-order valence-electron chi connectivity index (χ4n) is 3.03. The molecule has 0 atom stereocenters. The van der Waals surface area contributed by atoms with Gasteiger partial charge in [-0.15, -0.1) is 0 Å². The second-order valence-electron chi connectivity index (χ2n) is 5.63. The van der Waals surface area contributed by atoms with Gasteiger partial charge in [-0.25, -0.2) is 0 Å². The minimum atomic E-state index is -2.66. The Morgan fingerprint density at radius 3 is 2.53 bits per heavy atom. The monoisotopic (exact) mass is 257 g/mol. The lowest BCUT2D eigenvalue weighted by Crippen LogP contribution is -2.15. The largest absolute Gasteiger partial charge is 0.398 e. The molecule has 1 heteroatoms. The molecule has 0 radical (unpaired) electrons. The number of anilines is 1. The van der Waals surface area contributed by atoms with E-state index in [4.69, 9.17) is 14.0 Å². The van der Waals surface area contributed by atoms with Gasteiger partial charge >= 0.3 is 0 Å². The molecule has 2 aromatic carbocycles. The van der Waals surface area contributed by atoms with Gasteiger partial charge in [0.15, 0.2) is 0 Å². The number of nitrogen functional groups attached to an aromatic ring is 1. The zero-order chi connectivity index (χ0) is 18.8. The van der Waals surface area contributed by atoms with Crippen molar-refractivity contribution in [3.05, 3.63) is 53.1 Å². The molecule has 3 rings (SSSR count). The highest BCUT2D eigenvalue weighted by molar-refractivity contribution is 5.83. The minimum Gasteiger partial charge on any atom is -0.398 e. The Balaban J connectivity index is 2.27. The van der Waals surface area contributed by atoms with Gasteiger partial charge < -0.3 is 5.73 Å². The summed E-state index contributed by atoms with van der Waals surface area (Å²) in [5, 5.41) is 0. The summed E-state index contributed by atoms with van der Waals surface area (Å²) in [6.45, 7) is -1.22. The molecule has 98 valence electrons. The normalized spacial score (nSPS) is 21.4. The highest BCUT2D eigenvalue weighted by Crippen LogP contribution is 2.50. The first-order valence-electron chi connectivity index (χ1n) is 9.39. The van der Waals surface area contributed by atoms with Gasteiger partial charge in [-0.05, 0) is 39.8 Å². The second kappa shape index (κ2) is 3.86. The standard InChI is InChI=1S/C18H21N/c1-11(2)13-9-16-14(10-17(13)19)12-7-5-6-8-15(12)18(16,3)4/h5-11H,19H2,1-4H3/i1D3,2D3. The van der Waals surface area contributed by atoms with Crippen LogP contribution in [-0.2, 0) is 5.41 Å². The van der Waals surface area contributed by atoms with E-state index < -0.39 is 19.6 Å². The fourth-order valence-corrected chi connectivity index (χ4v) is 3.03. The number of rotatable bonds is 1. The summed E-state index contributed by atoms with van der Waals surface area (Å²) >= 11 is 0. The third kappa shape index (κ3) is 1.61. The highest BCUT2D eigenvalue weighted by atomic mass is 14.6. The predicted molar refractivity (Wildman–Crippen MR) is 82.5 cm³/mol. The maximum Gasteiger partial charge on any atom is 0.0355 e. The summed E-state index contributed by atoms with van der Waals surface area (Å²) in [4.78, 5) is 0. The van der Waals surface area contributed by atoms with Crippen LogP contribution in [0.5, 0.6) is 0 Å². The Labute approximate surface area is 123 Å². The van der Waals surface area contributed by atoms with E-state index in [2.05, 4.69) is 13.8 Å². The number of nitrogens with two attached hydrogens (primary N) is 1. The summed E-state index contributed by atoms with van der Waals surface area (Å²) in [6, 6.07) is 11.4. The summed E-state index contributed by atoms with van der Waals surface area (Å²) in [6.07, 6.45) is 0. The fraction of sp³-hybridized carbons (Fsp3) is 0.333.